The maximum Gasteiger partial charge on any atom is 0.257 e. The molecule has 0 aliphatic carbocycles. The standard InChI is InChI=1S/C15H20N2O4/c1-15(2)8-17(6-10(7-18)21-15)9-3-4-11-12(5-9)16-14(20)13(11)19/h3-5,10,13,18-19H,6-8H2,1-2H3,(H,16,20). The lowest BCUT2D eigenvalue weighted by Crippen LogP contribution is -2.54. The average Bonchev–Trinajstić information content (AvgIpc) is 2.72. The van der Waals surface area contributed by atoms with Gasteiger partial charge in [0.2, 0.25) is 0 Å². The summed E-state index contributed by atoms with van der Waals surface area (Å²) < 4.78 is 5.80. The van der Waals surface area contributed by atoms with Gasteiger partial charge in [0.25, 0.3) is 5.91 Å². The van der Waals surface area contributed by atoms with Gasteiger partial charge in [-0.15, -0.1) is 0 Å². The molecule has 21 heavy (non-hydrogen) atoms. The van der Waals surface area contributed by atoms with Crippen molar-refractivity contribution in [1.82, 2.24) is 0 Å². The van der Waals surface area contributed by atoms with Gasteiger partial charge in [-0.3, -0.25) is 4.79 Å². The van der Waals surface area contributed by atoms with E-state index in [1.54, 1.807) is 6.07 Å². The van der Waals surface area contributed by atoms with Crippen LogP contribution < -0.4 is 10.2 Å². The van der Waals surface area contributed by atoms with Crippen LogP contribution in [0.5, 0.6) is 0 Å². The number of amides is 1. The fourth-order valence-corrected chi connectivity index (χ4v) is 3.02. The molecule has 2 heterocycles. The Balaban J connectivity index is 1.87. The van der Waals surface area contributed by atoms with Crippen LogP contribution in [0, 0.1) is 0 Å². The molecule has 0 bridgehead atoms. The summed E-state index contributed by atoms with van der Waals surface area (Å²) in [5.74, 6) is -0.391. The van der Waals surface area contributed by atoms with Crippen LogP contribution in [0.25, 0.3) is 0 Å². The summed E-state index contributed by atoms with van der Waals surface area (Å²) in [7, 11) is 0. The number of carbonyl (C=O) groups is 1. The second-order valence-electron chi connectivity index (χ2n) is 6.23. The van der Waals surface area contributed by atoms with Gasteiger partial charge in [-0.05, 0) is 26.0 Å². The predicted octanol–water partition coefficient (Wildman–Crippen LogP) is 0.648. The molecular weight excluding hydrogens is 272 g/mol. The highest BCUT2D eigenvalue weighted by atomic mass is 16.5. The van der Waals surface area contributed by atoms with Crippen LogP contribution in [0.15, 0.2) is 18.2 Å². The Morgan fingerprint density at radius 1 is 1.48 bits per heavy atom. The fourth-order valence-electron chi connectivity index (χ4n) is 3.02. The second kappa shape index (κ2) is 4.98. The van der Waals surface area contributed by atoms with Crippen molar-refractivity contribution in [1.29, 1.82) is 0 Å². The third-order valence-electron chi connectivity index (χ3n) is 3.89. The van der Waals surface area contributed by atoms with Crippen molar-refractivity contribution in [3.63, 3.8) is 0 Å². The molecule has 3 N–H and O–H groups in total. The third-order valence-corrected chi connectivity index (χ3v) is 3.89. The summed E-state index contributed by atoms with van der Waals surface area (Å²) >= 11 is 0. The first-order valence-electron chi connectivity index (χ1n) is 7.06. The minimum Gasteiger partial charge on any atom is -0.394 e. The fraction of sp³-hybridized carbons (Fsp3) is 0.533. The molecule has 3 rings (SSSR count). The van der Waals surface area contributed by atoms with Gasteiger partial charge in [-0.25, -0.2) is 0 Å². The van der Waals surface area contributed by atoms with E-state index in [0.717, 1.165) is 5.69 Å². The van der Waals surface area contributed by atoms with E-state index >= 15 is 0 Å². The predicted molar refractivity (Wildman–Crippen MR) is 78.3 cm³/mol. The Morgan fingerprint density at radius 3 is 2.95 bits per heavy atom. The minimum absolute atomic E-state index is 0.0275. The van der Waals surface area contributed by atoms with Crippen LogP contribution in [-0.4, -0.2) is 47.5 Å². The number of hydrogen-bond acceptors (Lipinski definition) is 5. The van der Waals surface area contributed by atoms with E-state index in [1.807, 2.05) is 26.0 Å². The molecule has 0 saturated carbocycles. The zero-order valence-corrected chi connectivity index (χ0v) is 12.2. The molecule has 114 valence electrons. The molecule has 1 aromatic rings. The number of aliphatic hydroxyl groups excluding tert-OH is 2. The van der Waals surface area contributed by atoms with Crippen LogP contribution in [-0.2, 0) is 9.53 Å². The largest absolute Gasteiger partial charge is 0.394 e. The van der Waals surface area contributed by atoms with Gasteiger partial charge in [0.05, 0.1) is 18.3 Å². The number of anilines is 2. The molecule has 6 nitrogen and oxygen atoms in total. The molecule has 2 aliphatic rings. The maximum atomic E-state index is 11.5. The van der Waals surface area contributed by atoms with Crippen LogP contribution in [0.2, 0.25) is 0 Å². The molecule has 1 saturated heterocycles. The number of nitrogens with zero attached hydrogens (tertiary/aromatic N) is 1. The van der Waals surface area contributed by atoms with Crippen LogP contribution >= 0.6 is 0 Å². The molecule has 2 unspecified atom stereocenters. The van der Waals surface area contributed by atoms with E-state index in [4.69, 9.17) is 4.74 Å². The summed E-state index contributed by atoms with van der Waals surface area (Å²) in [6.07, 6.45) is -1.32. The van der Waals surface area contributed by atoms with Gasteiger partial charge >= 0.3 is 0 Å². The lowest BCUT2D eigenvalue weighted by molar-refractivity contribution is -0.123. The van der Waals surface area contributed by atoms with Gasteiger partial charge in [0.1, 0.15) is 0 Å². The Morgan fingerprint density at radius 2 is 2.24 bits per heavy atom. The summed E-state index contributed by atoms with van der Waals surface area (Å²) in [5, 5.41) is 21.8. The quantitative estimate of drug-likeness (QED) is 0.745. The zero-order valence-electron chi connectivity index (χ0n) is 12.2. The first-order valence-corrected chi connectivity index (χ1v) is 7.06. The SMILES string of the molecule is CC1(C)CN(c2ccc3c(c2)NC(=O)C3O)CC(CO)O1. The smallest absolute Gasteiger partial charge is 0.257 e. The number of carbonyl (C=O) groups excluding carboxylic acids is 1. The highest BCUT2D eigenvalue weighted by molar-refractivity contribution is 6.02. The number of ether oxygens (including phenoxy) is 1. The summed E-state index contributed by atoms with van der Waals surface area (Å²) in [6, 6.07) is 5.51. The van der Waals surface area contributed by atoms with E-state index < -0.39 is 12.0 Å². The summed E-state index contributed by atoms with van der Waals surface area (Å²) in [6.45, 7) is 5.23. The zero-order chi connectivity index (χ0) is 15.2. The van der Waals surface area contributed by atoms with Crippen molar-refractivity contribution in [2.24, 2.45) is 0 Å². The molecule has 6 heteroatoms. The van der Waals surface area contributed by atoms with Crippen molar-refractivity contribution in [2.45, 2.75) is 31.7 Å². The van der Waals surface area contributed by atoms with E-state index in [2.05, 4.69) is 10.2 Å². The van der Waals surface area contributed by atoms with Crippen molar-refractivity contribution in [2.75, 3.05) is 29.9 Å². The van der Waals surface area contributed by atoms with Gasteiger partial charge in [0, 0.05) is 30.0 Å². The third kappa shape index (κ3) is 2.62. The second-order valence-corrected chi connectivity index (χ2v) is 6.23. The molecule has 2 aliphatic heterocycles. The van der Waals surface area contributed by atoms with Crippen LogP contribution in [0.4, 0.5) is 11.4 Å². The Labute approximate surface area is 123 Å². The molecule has 0 aromatic heterocycles. The number of rotatable bonds is 2. The molecule has 2 atom stereocenters. The lowest BCUT2D eigenvalue weighted by atomic mass is 10.0. The number of nitrogens with one attached hydrogen (secondary N) is 1. The van der Waals surface area contributed by atoms with Crippen LogP contribution in [0.1, 0.15) is 25.5 Å². The van der Waals surface area contributed by atoms with E-state index in [0.29, 0.717) is 24.3 Å². The van der Waals surface area contributed by atoms with E-state index in [1.165, 1.54) is 0 Å². The highest BCUT2D eigenvalue weighted by Crippen LogP contribution is 2.35. The monoisotopic (exact) mass is 292 g/mol. The number of benzene rings is 1. The van der Waals surface area contributed by atoms with Crippen molar-refractivity contribution in [3.05, 3.63) is 23.8 Å². The van der Waals surface area contributed by atoms with Crippen molar-refractivity contribution in [3.8, 4) is 0 Å². The first kappa shape index (κ1) is 14.3. The number of aliphatic hydroxyl groups is 2. The first-order chi connectivity index (χ1) is 9.89. The number of fused-ring (bicyclic) bond motifs is 1. The minimum atomic E-state index is -1.08. The number of hydrogen-bond donors (Lipinski definition) is 3. The Kier molecular flexibility index (Phi) is 3.39. The average molecular weight is 292 g/mol. The van der Waals surface area contributed by atoms with Gasteiger partial charge in [-0.1, -0.05) is 6.07 Å². The summed E-state index contributed by atoms with van der Waals surface area (Å²) in [5.41, 5.74) is 1.84. The van der Waals surface area contributed by atoms with E-state index in [-0.39, 0.29) is 18.3 Å². The normalized spacial score (nSPS) is 27.4. The molecule has 0 radical (unpaired) electrons. The molecule has 1 fully saturated rings. The summed E-state index contributed by atoms with van der Waals surface area (Å²) in [4.78, 5) is 13.6. The van der Waals surface area contributed by atoms with Gasteiger partial charge in [-0.2, -0.15) is 0 Å². The molecule has 0 spiro atoms. The van der Waals surface area contributed by atoms with E-state index in [9.17, 15) is 15.0 Å². The molecule has 1 amide bonds. The topological polar surface area (TPSA) is 82.0 Å². The molecular formula is C15H20N2O4. The maximum absolute atomic E-state index is 11.5. The lowest BCUT2D eigenvalue weighted by Gasteiger charge is -2.43. The highest BCUT2D eigenvalue weighted by Gasteiger charge is 2.34. The number of morpholine rings is 1. The van der Waals surface area contributed by atoms with Gasteiger partial charge in [0.15, 0.2) is 6.10 Å². The van der Waals surface area contributed by atoms with Crippen LogP contribution in [0.3, 0.4) is 0 Å². The van der Waals surface area contributed by atoms with Crippen molar-refractivity contribution < 1.29 is 19.7 Å². The molecule has 1 aromatic carbocycles. The van der Waals surface area contributed by atoms with Crippen molar-refractivity contribution >= 4 is 17.3 Å². The Bertz CT molecular complexity index is 573. The Hall–Kier alpha value is -1.63. The van der Waals surface area contributed by atoms with Gasteiger partial charge < -0.3 is 25.2 Å².